The number of ether oxygens (including phenoxy) is 2. The van der Waals surface area contributed by atoms with Crippen molar-refractivity contribution in [3.05, 3.63) is 100 Å². The van der Waals surface area contributed by atoms with Crippen molar-refractivity contribution in [3.63, 3.8) is 0 Å². The molecule has 2 N–H and O–H groups in total. The Balaban J connectivity index is 1.12. The van der Waals surface area contributed by atoms with Gasteiger partial charge in [0.1, 0.15) is 11.0 Å². The molecule has 0 spiro atoms. The number of alkyl halides is 3. The van der Waals surface area contributed by atoms with E-state index in [0.29, 0.717) is 23.5 Å². The summed E-state index contributed by atoms with van der Waals surface area (Å²) in [6.45, 7) is 1.90. The zero-order valence-electron chi connectivity index (χ0n) is 26.6. The highest BCUT2D eigenvalue weighted by Gasteiger charge is 2.47. The van der Waals surface area contributed by atoms with Crippen LogP contribution in [0.1, 0.15) is 58.9 Å². The molecule has 0 unspecified atom stereocenters. The topological polar surface area (TPSA) is 114 Å². The van der Waals surface area contributed by atoms with Gasteiger partial charge < -0.3 is 24.8 Å². The molecule has 49 heavy (non-hydrogen) atoms. The Hall–Kier alpha value is -3.82. The Labute approximate surface area is 289 Å². The van der Waals surface area contributed by atoms with Crippen molar-refractivity contribution in [2.45, 2.75) is 74.4 Å². The van der Waals surface area contributed by atoms with Crippen LogP contribution in [-0.2, 0) is 32.2 Å². The molecule has 6 rings (SSSR count). The molecule has 2 saturated heterocycles. The van der Waals surface area contributed by atoms with E-state index >= 15 is 0 Å². The normalized spacial score (nSPS) is 21.1. The number of rotatable bonds is 10. The standard InChI is InChI=1S/C35H35F3N4O5S2/c1-21-40-41-34(49-21)48-20-28-17-30(25-9-7-22(19-43)8-10-25)47-32(46-28)26-13-11-24(12-14-26)27-5-2-4-23(16-27)18-39-31(44)29-6-3-15-42(29)33(45)35(36,37)38/h2,4-5,7-14,16,28-30,32,43H,3,6,15,17-20H2,1H3,(H,39,44)/t28-,29-,30+,32+/m0/s1. The Morgan fingerprint density at radius 2 is 1.76 bits per heavy atom. The molecule has 2 aliphatic heterocycles. The van der Waals surface area contributed by atoms with E-state index in [-0.39, 0.29) is 38.3 Å². The van der Waals surface area contributed by atoms with Crippen molar-refractivity contribution in [2.75, 3.05) is 12.3 Å². The Kier molecular flexibility index (Phi) is 11.0. The second-order valence-electron chi connectivity index (χ2n) is 11.9. The number of hydrogen-bond acceptors (Lipinski definition) is 9. The van der Waals surface area contributed by atoms with E-state index in [4.69, 9.17) is 9.47 Å². The van der Waals surface area contributed by atoms with E-state index in [9.17, 15) is 27.9 Å². The van der Waals surface area contributed by atoms with Crippen LogP contribution < -0.4 is 5.32 Å². The third kappa shape index (κ3) is 8.68. The molecule has 0 aliphatic carbocycles. The summed E-state index contributed by atoms with van der Waals surface area (Å²) in [5.41, 5.74) is 5.25. The summed E-state index contributed by atoms with van der Waals surface area (Å²) in [6, 6.07) is 21.9. The maximum Gasteiger partial charge on any atom is 0.471 e. The minimum atomic E-state index is -5.02. The van der Waals surface area contributed by atoms with Crippen molar-refractivity contribution >= 4 is 34.9 Å². The number of aliphatic hydroxyl groups excluding tert-OH is 1. The monoisotopic (exact) mass is 712 g/mol. The summed E-state index contributed by atoms with van der Waals surface area (Å²) in [5.74, 6) is -1.90. The maximum absolute atomic E-state index is 13.0. The lowest BCUT2D eigenvalue weighted by atomic mass is 9.99. The minimum Gasteiger partial charge on any atom is -0.392 e. The maximum atomic E-state index is 13.0. The van der Waals surface area contributed by atoms with E-state index in [1.807, 2.05) is 79.7 Å². The number of nitrogens with zero attached hydrogens (tertiary/aromatic N) is 3. The second-order valence-corrected chi connectivity index (χ2v) is 14.4. The molecule has 2 fully saturated rings. The Morgan fingerprint density at radius 1 is 1.00 bits per heavy atom. The third-order valence-electron chi connectivity index (χ3n) is 8.48. The smallest absolute Gasteiger partial charge is 0.392 e. The fraction of sp³-hybridized carbons (Fsp3) is 0.371. The molecule has 258 valence electrons. The average Bonchev–Trinajstić information content (AvgIpc) is 3.78. The van der Waals surface area contributed by atoms with Gasteiger partial charge in [-0.1, -0.05) is 89.8 Å². The molecule has 1 aromatic heterocycles. The number of carbonyl (C=O) groups is 2. The van der Waals surface area contributed by atoms with Crippen LogP contribution in [0.2, 0.25) is 0 Å². The van der Waals surface area contributed by atoms with Gasteiger partial charge in [-0.15, -0.1) is 10.2 Å². The summed E-state index contributed by atoms with van der Waals surface area (Å²) in [7, 11) is 0. The summed E-state index contributed by atoms with van der Waals surface area (Å²) >= 11 is 3.15. The van der Waals surface area contributed by atoms with Gasteiger partial charge in [0.15, 0.2) is 10.6 Å². The fourth-order valence-corrected chi connectivity index (χ4v) is 7.83. The predicted octanol–water partition coefficient (Wildman–Crippen LogP) is 6.51. The van der Waals surface area contributed by atoms with E-state index < -0.39 is 30.3 Å². The number of hydrogen-bond donors (Lipinski definition) is 2. The van der Waals surface area contributed by atoms with Crippen molar-refractivity contribution in [2.24, 2.45) is 0 Å². The van der Waals surface area contributed by atoms with Crippen LogP contribution in [0.3, 0.4) is 0 Å². The molecule has 9 nitrogen and oxygen atoms in total. The van der Waals surface area contributed by atoms with Gasteiger partial charge in [0, 0.05) is 30.8 Å². The second kappa shape index (κ2) is 15.4. The summed E-state index contributed by atoms with van der Waals surface area (Å²) in [5, 5.41) is 21.4. The van der Waals surface area contributed by atoms with Crippen LogP contribution in [0.5, 0.6) is 0 Å². The highest BCUT2D eigenvalue weighted by Crippen LogP contribution is 2.40. The molecule has 4 atom stereocenters. The average molecular weight is 713 g/mol. The number of aliphatic hydroxyl groups is 1. The molecule has 2 amide bonds. The highest BCUT2D eigenvalue weighted by molar-refractivity contribution is 8.01. The molecule has 14 heteroatoms. The first-order valence-corrected chi connectivity index (χ1v) is 17.7. The molecular formula is C35H35F3N4O5S2. The number of halogens is 3. The van der Waals surface area contributed by atoms with Crippen LogP contribution >= 0.6 is 23.1 Å². The number of aromatic nitrogens is 2. The van der Waals surface area contributed by atoms with Gasteiger partial charge in [-0.3, -0.25) is 9.59 Å². The molecule has 0 saturated carbocycles. The first-order chi connectivity index (χ1) is 23.6. The molecule has 2 aliphatic rings. The zero-order valence-corrected chi connectivity index (χ0v) is 28.2. The van der Waals surface area contributed by atoms with Crippen LogP contribution in [0, 0.1) is 6.92 Å². The molecule has 4 aromatic rings. The third-order valence-corrected chi connectivity index (χ3v) is 10.6. The van der Waals surface area contributed by atoms with E-state index in [2.05, 4.69) is 15.5 Å². The quantitative estimate of drug-likeness (QED) is 0.179. The fourth-order valence-electron chi connectivity index (χ4n) is 5.97. The number of carbonyl (C=O) groups excluding carboxylic acids is 2. The van der Waals surface area contributed by atoms with E-state index in [1.54, 1.807) is 23.1 Å². The zero-order chi connectivity index (χ0) is 34.5. The Bertz CT molecular complexity index is 1750. The van der Waals surface area contributed by atoms with Crippen molar-refractivity contribution in [1.29, 1.82) is 0 Å². The van der Waals surface area contributed by atoms with Gasteiger partial charge in [0.05, 0.1) is 18.8 Å². The summed E-state index contributed by atoms with van der Waals surface area (Å²) in [6.07, 6.45) is -4.80. The van der Waals surface area contributed by atoms with Crippen molar-refractivity contribution in [1.82, 2.24) is 20.4 Å². The van der Waals surface area contributed by atoms with E-state index in [1.165, 1.54) is 0 Å². The first-order valence-electron chi connectivity index (χ1n) is 15.9. The molecule has 3 heterocycles. The van der Waals surface area contributed by atoms with Gasteiger partial charge in [-0.2, -0.15) is 13.2 Å². The SMILES string of the molecule is Cc1nnc(SC[C@@H]2C[C@H](c3ccc(CO)cc3)O[C@H](c3ccc(-c4cccc(CNC(=O)[C@@H]5CCCN5C(=O)C(F)(F)F)c4)cc3)O2)s1. The van der Waals surface area contributed by atoms with Crippen LogP contribution in [0.15, 0.2) is 77.1 Å². The number of thioether (sulfide) groups is 1. The molecule has 0 radical (unpaired) electrons. The number of likely N-dealkylation sites (tertiary alicyclic amines) is 1. The first kappa shape index (κ1) is 35.0. The number of aryl methyl sites for hydroxylation is 1. The summed E-state index contributed by atoms with van der Waals surface area (Å²) in [4.78, 5) is 25.2. The molecular weight excluding hydrogens is 678 g/mol. The lowest BCUT2D eigenvalue weighted by molar-refractivity contribution is -0.245. The lowest BCUT2D eigenvalue weighted by Crippen LogP contribution is -2.50. The van der Waals surface area contributed by atoms with Gasteiger partial charge in [-0.05, 0) is 53.6 Å². The Morgan fingerprint density at radius 3 is 2.45 bits per heavy atom. The number of nitrogens with one attached hydrogen (secondary N) is 1. The number of amides is 2. The molecule has 3 aromatic carbocycles. The van der Waals surface area contributed by atoms with Crippen LogP contribution in [0.4, 0.5) is 13.2 Å². The van der Waals surface area contributed by atoms with Gasteiger partial charge in [-0.25, -0.2) is 0 Å². The van der Waals surface area contributed by atoms with E-state index in [0.717, 1.165) is 42.7 Å². The van der Waals surface area contributed by atoms with Gasteiger partial charge >= 0.3 is 12.1 Å². The number of benzene rings is 3. The minimum absolute atomic E-state index is 0.0330. The van der Waals surface area contributed by atoms with Crippen LogP contribution in [0.25, 0.3) is 11.1 Å². The van der Waals surface area contributed by atoms with Crippen LogP contribution in [-0.4, -0.2) is 62.6 Å². The predicted molar refractivity (Wildman–Crippen MR) is 178 cm³/mol. The largest absolute Gasteiger partial charge is 0.471 e. The molecule has 0 bridgehead atoms. The van der Waals surface area contributed by atoms with Crippen molar-refractivity contribution < 1.29 is 37.3 Å². The van der Waals surface area contributed by atoms with Crippen molar-refractivity contribution in [3.8, 4) is 11.1 Å². The lowest BCUT2D eigenvalue weighted by Gasteiger charge is -2.36. The summed E-state index contributed by atoms with van der Waals surface area (Å²) < 4.78 is 52.8. The van der Waals surface area contributed by atoms with Gasteiger partial charge in [0.25, 0.3) is 0 Å². The van der Waals surface area contributed by atoms with Gasteiger partial charge in [0.2, 0.25) is 5.91 Å². The highest BCUT2D eigenvalue weighted by atomic mass is 32.2.